The van der Waals surface area contributed by atoms with Gasteiger partial charge in [0.25, 0.3) is 0 Å². The molecule has 0 radical (unpaired) electrons. The number of carbonyl (C=O) groups is 2. The summed E-state index contributed by atoms with van der Waals surface area (Å²) < 4.78 is 11.3. The highest BCUT2D eigenvalue weighted by Gasteiger charge is 2.67. The zero-order valence-corrected chi connectivity index (χ0v) is 15.3. The number of fused-ring (bicyclic) bond motifs is 1. The Morgan fingerprint density at radius 3 is 2.93 bits per heavy atom. The highest BCUT2D eigenvalue weighted by atomic mass is 32.1. The van der Waals surface area contributed by atoms with Crippen LogP contribution in [0.3, 0.4) is 0 Å². The molecule has 2 saturated heterocycles. The van der Waals surface area contributed by atoms with Crippen LogP contribution >= 0.6 is 11.3 Å². The van der Waals surface area contributed by atoms with E-state index in [1.54, 1.807) is 23.6 Å². The van der Waals surface area contributed by atoms with E-state index in [1.807, 2.05) is 36.4 Å². The Bertz CT molecular complexity index is 927. The van der Waals surface area contributed by atoms with Gasteiger partial charge in [0.05, 0.1) is 31.6 Å². The molecule has 0 aliphatic carbocycles. The van der Waals surface area contributed by atoms with Gasteiger partial charge < -0.3 is 19.7 Å². The summed E-state index contributed by atoms with van der Waals surface area (Å²) in [6.45, 7) is 0.400. The summed E-state index contributed by atoms with van der Waals surface area (Å²) in [5.41, 5.74) is 0.0242. The molecule has 1 aromatic carbocycles. The van der Waals surface area contributed by atoms with Crippen LogP contribution in [0.5, 0.6) is 5.75 Å². The van der Waals surface area contributed by atoms with Gasteiger partial charge in [-0.1, -0.05) is 12.2 Å². The van der Waals surface area contributed by atoms with Crippen LogP contribution < -0.4 is 15.0 Å². The molecule has 138 valence electrons. The molecule has 0 saturated carbocycles. The molecule has 1 spiro atoms. The molecule has 2 bridgehead atoms. The predicted molar refractivity (Wildman–Crippen MR) is 99.8 cm³/mol. The molecule has 4 atom stereocenters. The number of benzene rings is 1. The quantitative estimate of drug-likeness (QED) is 0.818. The zero-order chi connectivity index (χ0) is 18.6. The molecule has 4 heterocycles. The Labute approximate surface area is 159 Å². The van der Waals surface area contributed by atoms with Gasteiger partial charge in [-0.25, -0.2) is 4.98 Å². The summed E-state index contributed by atoms with van der Waals surface area (Å²) in [5.74, 6) is -0.687. The standard InChI is InChI=1S/C19H17N3O4S/c1-25-12-4-2-11(3-5-12)22-10-19-7-6-13(26-19)14(15(19)17(22)24)16(23)21-18-20-8-9-27-18/h2-9,13-15H,10H2,1H3,(H,20,21,23)/t13?,14?,15?,19-/m0/s1. The summed E-state index contributed by atoms with van der Waals surface area (Å²) in [5, 5.41) is 5.13. The maximum absolute atomic E-state index is 13.2. The third-order valence-corrected chi connectivity index (χ3v) is 6.14. The van der Waals surface area contributed by atoms with E-state index in [4.69, 9.17) is 9.47 Å². The lowest BCUT2D eigenvalue weighted by atomic mass is 9.77. The first-order valence-electron chi connectivity index (χ1n) is 8.64. The molecular weight excluding hydrogens is 366 g/mol. The van der Waals surface area contributed by atoms with Crippen molar-refractivity contribution < 1.29 is 19.1 Å². The summed E-state index contributed by atoms with van der Waals surface area (Å²) in [6, 6.07) is 7.31. The van der Waals surface area contributed by atoms with Crippen molar-refractivity contribution in [2.75, 3.05) is 23.9 Å². The second-order valence-electron chi connectivity index (χ2n) is 6.85. The maximum Gasteiger partial charge on any atom is 0.234 e. The number of ether oxygens (including phenoxy) is 2. The van der Waals surface area contributed by atoms with Crippen molar-refractivity contribution in [3.05, 3.63) is 48.0 Å². The molecule has 3 unspecified atom stereocenters. The minimum Gasteiger partial charge on any atom is -0.497 e. The van der Waals surface area contributed by atoms with E-state index < -0.39 is 17.4 Å². The molecule has 2 aromatic rings. The minimum absolute atomic E-state index is 0.0914. The Balaban J connectivity index is 1.44. The highest BCUT2D eigenvalue weighted by molar-refractivity contribution is 7.13. The average molecular weight is 383 g/mol. The van der Waals surface area contributed by atoms with Gasteiger partial charge in [-0.05, 0) is 24.3 Å². The van der Waals surface area contributed by atoms with Gasteiger partial charge in [-0.3, -0.25) is 9.59 Å². The van der Waals surface area contributed by atoms with Crippen LogP contribution in [0.2, 0.25) is 0 Å². The fourth-order valence-corrected chi connectivity index (χ4v) is 4.78. The number of nitrogens with one attached hydrogen (secondary N) is 1. The predicted octanol–water partition coefficient (Wildman–Crippen LogP) is 2.08. The van der Waals surface area contributed by atoms with Crippen molar-refractivity contribution in [1.82, 2.24) is 4.98 Å². The first kappa shape index (κ1) is 16.5. The van der Waals surface area contributed by atoms with Crippen LogP contribution in [-0.4, -0.2) is 42.2 Å². The fraction of sp³-hybridized carbons (Fsp3) is 0.316. The number of amides is 2. The number of carbonyl (C=O) groups excluding carboxylic acids is 2. The smallest absolute Gasteiger partial charge is 0.234 e. The lowest BCUT2D eigenvalue weighted by Crippen LogP contribution is -2.41. The molecule has 3 aliphatic heterocycles. The van der Waals surface area contributed by atoms with Crippen molar-refractivity contribution in [2.24, 2.45) is 11.8 Å². The van der Waals surface area contributed by atoms with Gasteiger partial charge in [0.2, 0.25) is 11.8 Å². The molecular formula is C19H17N3O4S. The third kappa shape index (κ3) is 2.40. The number of anilines is 2. The van der Waals surface area contributed by atoms with Gasteiger partial charge in [0.15, 0.2) is 5.13 Å². The number of hydrogen-bond donors (Lipinski definition) is 1. The van der Waals surface area contributed by atoms with Gasteiger partial charge >= 0.3 is 0 Å². The van der Waals surface area contributed by atoms with Gasteiger partial charge in [0, 0.05) is 17.3 Å². The van der Waals surface area contributed by atoms with Crippen molar-refractivity contribution in [3.63, 3.8) is 0 Å². The van der Waals surface area contributed by atoms with Crippen molar-refractivity contribution in [2.45, 2.75) is 11.7 Å². The zero-order valence-electron chi connectivity index (χ0n) is 14.5. The molecule has 2 fully saturated rings. The monoisotopic (exact) mass is 383 g/mol. The van der Waals surface area contributed by atoms with Crippen LogP contribution in [0.15, 0.2) is 48.0 Å². The van der Waals surface area contributed by atoms with E-state index >= 15 is 0 Å². The van der Waals surface area contributed by atoms with Crippen LogP contribution in [0.25, 0.3) is 0 Å². The SMILES string of the molecule is COc1ccc(N2C[C@]34C=CC(O3)C(C(=O)Nc3nccs3)C4C2=O)cc1. The first-order valence-corrected chi connectivity index (χ1v) is 9.52. The van der Waals surface area contributed by atoms with E-state index in [1.165, 1.54) is 11.3 Å². The highest BCUT2D eigenvalue weighted by Crippen LogP contribution is 2.52. The Hall–Kier alpha value is -2.71. The maximum atomic E-state index is 13.2. The lowest BCUT2D eigenvalue weighted by Gasteiger charge is -2.22. The summed E-state index contributed by atoms with van der Waals surface area (Å²) in [4.78, 5) is 31.9. The van der Waals surface area contributed by atoms with Crippen LogP contribution in [0.1, 0.15) is 0 Å². The third-order valence-electron chi connectivity index (χ3n) is 5.45. The molecule has 1 N–H and O–H groups in total. The molecule has 3 aliphatic rings. The summed E-state index contributed by atoms with van der Waals surface area (Å²) >= 11 is 1.35. The minimum atomic E-state index is -0.743. The van der Waals surface area contributed by atoms with Crippen molar-refractivity contribution >= 4 is 34.0 Å². The normalized spacial score (nSPS) is 30.6. The van der Waals surface area contributed by atoms with E-state index in [9.17, 15) is 9.59 Å². The second-order valence-corrected chi connectivity index (χ2v) is 7.74. The lowest BCUT2D eigenvalue weighted by molar-refractivity contribution is -0.128. The van der Waals surface area contributed by atoms with Gasteiger partial charge in [0.1, 0.15) is 11.4 Å². The van der Waals surface area contributed by atoms with E-state index in [2.05, 4.69) is 10.3 Å². The number of nitrogens with zero attached hydrogens (tertiary/aromatic N) is 2. The number of rotatable bonds is 4. The summed E-state index contributed by atoms with van der Waals surface area (Å²) in [6.07, 6.45) is 5.09. The van der Waals surface area contributed by atoms with Crippen LogP contribution in [0, 0.1) is 11.8 Å². The summed E-state index contributed by atoms with van der Waals surface area (Å²) in [7, 11) is 1.60. The largest absolute Gasteiger partial charge is 0.497 e. The number of hydrogen-bond acceptors (Lipinski definition) is 6. The second kappa shape index (κ2) is 5.90. The fourth-order valence-electron chi connectivity index (χ4n) is 4.25. The topological polar surface area (TPSA) is 80.8 Å². The van der Waals surface area contributed by atoms with Crippen molar-refractivity contribution in [1.29, 1.82) is 0 Å². The van der Waals surface area contributed by atoms with E-state index in [-0.39, 0.29) is 17.9 Å². The Morgan fingerprint density at radius 2 is 2.22 bits per heavy atom. The Morgan fingerprint density at radius 1 is 1.41 bits per heavy atom. The number of thiazole rings is 1. The Kier molecular flexibility index (Phi) is 3.60. The van der Waals surface area contributed by atoms with Gasteiger partial charge in [-0.2, -0.15) is 0 Å². The first-order chi connectivity index (χ1) is 13.1. The molecule has 7 nitrogen and oxygen atoms in total. The molecule has 8 heteroatoms. The van der Waals surface area contributed by atoms with Gasteiger partial charge in [-0.15, -0.1) is 11.3 Å². The van der Waals surface area contributed by atoms with E-state index in [0.717, 1.165) is 11.4 Å². The van der Waals surface area contributed by atoms with Crippen molar-refractivity contribution in [3.8, 4) is 5.75 Å². The molecule has 5 rings (SSSR count). The van der Waals surface area contributed by atoms with E-state index in [0.29, 0.717) is 11.7 Å². The molecule has 27 heavy (non-hydrogen) atoms. The van der Waals surface area contributed by atoms with Crippen LogP contribution in [-0.2, 0) is 14.3 Å². The molecule has 2 amide bonds. The number of aromatic nitrogens is 1. The average Bonchev–Trinajstić information content (AvgIpc) is 3.44. The number of methoxy groups -OCH3 is 1. The van der Waals surface area contributed by atoms with Crippen LogP contribution in [0.4, 0.5) is 10.8 Å². The molecule has 1 aromatic heterocycles.